The van der Waals surface area contributed by atoms with Gasteiger partial charge in [0, 0.05) is 19.1 Å². The fourth-order valence-corrected chi connectivity index (χ4v) is 7.88. The van der Waals surface area contributed by atoms with E-state index in [0.29, 0.717) is 0 Å². The Hall–Kier alpha value is -0.0800. The molecule has 0 spiro atoms. The van der Waals surface area contributed by atoms with Gasteiger partial charge in [0.1, 0.15) is 0 Å². The average Bonchev–Trinajstić information content (AvgIpc) is 3.14. The number of rotatable bonds is 2. The molecule has 0 aromatic rings. The number of hydrogen-bond acceptors (Lipinski definition) is 2. The van der Waals surface area contributed by atoms with Crippen molar-refractivity contribution < 1.29 is 0 Å². The van der Waals surface area contributed by atoms with Crippen LogP contribution in [0.15, 0.2) is 0 Å². The Bertz CT molecular complexity index is 423. The molecule has 4 bridgehead atoms. The second-order valence-corrected chi connectivity index (χ2v) is 9.44. The van der Waals surface area contributed by atoms with E-state index >= 15 is 0 Å². The molecule has 1 saturated heterocycles. The van der Waals surface area contributed by atoms with Crippen LogP contribution in [0.3, 0.4) is 0 Å². The minimum atomic E-state index is 0.733. The van der Waals surface area contributed by atoms with E-state index in [1.165, 1.54) is 32.6 Å². The number of nitrogens with zero attached hydrogens (tertiary/aromatic N) is 1. The van der Waals surface area contributed by atoms with Crippen LogP contribution in [0.5, 0.6) is 0 Å². The molecule has 0 aromatic heterocycles. The zero-order valence-electron chi connectivity index (χ0n) is 14.3. The monoisotopic (exact) mass is 302 g/mol. The Morgan fingerprint density at radius 3 is 2.73 bits per heavy atom. The average molecular weight is 303 g/mol. The van der Waals surface area contributed by atoms with Gasteiger partial charge in [-0.15, -0.1) is 0 Å². The Labute approximate surface area is 136 Å². The lowest BCUT2D eigenvalue weighted by atomic mass is 9.54. The third kappa shape index (κ3) is 1.92. The van der Waals surface area contributed by atoms with Gasteiger partial charge < -0.3 is 5.32 Å². The fraction of sp³-hybridized carbons (Fsp3) is 1.00. The molecule has 2 nitrogen and oxygen atoms in total. The Kier molecular flexibility index (Phi) is 3.38. The van der Waals surface area contributed by atoms with Crippen molar-refractivity contribution in [3.63, 3.8) is 0 Å². The lowest BCUT2D eigenvalue weighted by molar-refractivity contribution is -0.0490. The highest BCUT2D eigenvalue weighted by atomic mass is 15.2. The summed E-state index contributed by atoms with van der Waals surface area (Å²) in [5.41, 5.74) is 1.50. The molecule has 5 aliphatic rings. The van der Waals surface area contributed by atoms with Gasteiger partial charge in [-0.2, -0.15) is 0 Å². The summed E-state index contributed by atoms with van der Waals surface area (Å²) in [5, 5.41) is 3.63. The fourth-order valence-electron chi connectivity index (χ4n) is 7.88. The van der Waals surface area contributed by atoms with Crippen LogP contribution in [0.2, 0.25) is 0 Å². The van der Waals surface area contributed by atoms with Crippen LogP contribution < -0.4 is 5.32 Å². The zero-order valence-corrected chi connectivity index (χ0v) is 14.3. The van der Waals surface area contributed by atoms with E-state index in [1.807, 2.05) is 0 Å². The largest absolute Gasteiger partial charge is 0.315 e. The van der Waals surface area contributed by atoms with E-state index in [1.54, 1.807) is 64.2 Å². The molecule has 1 heterocycles. The number of fused-ring (bicyclic) bond motifs is 5. The maximum absolute atomic E-state index is 3.63. The van der Waals surface area contributed by atoms with Crippen LogP contribution in [0.1, 0.15) is 70.6 Å². The van der Waals surface area contributed by atoms with Gasteiger partial charge in [-0.25, -0.2) is 0 Å². The maximum atomic E-state index is 3.63. The van der Waals surface area contributed by atoms with Gasteiger partial charge in [0.15, 0.2) is 0 Å². The highest BCUT2D eigenvalue weighted by Gasteiger charge is 2.65. The van der Waals surface area contributed by atoms with Crippen LogP contribution in [0.4, 0.5) is 0 Å². The van der Waals surface area contributed by atoms with Crippen molar-refractivity contribution in [3.05, 3.63) is 0 Å². The van der Waals surface area contributed by atoms with E-state index < -0.39 is 0 Å². The second kappa shape index (κ2) is 5.21. The predicted octanol–water partition coefficient (Wildman–Crippen LogP) is 3.81. The summed E-state index contributed by atoms with van der Waals surface area (Å²) in [4.78, 5) is 2.95. The highest BCUT2D eigenvalue weighted by molar-refractivity contribution is 5.16. The van der Waals surface area contributed by atoms with Gasteiger partial charge in [0.05, 0.1) is 0 Å². The molecule has 0 amide bonds. The molecule has 4 aliphatic carbocycles. The SMILES string of the molecule is C1CNCCN(C2CC3CCC2(C24CCCC(CC2)C4)C3)C1. The Balaban J connectivity index is 1.47. The number of hydrogen-bond donors (Lipinski definition) is 1. The van der Waals surface area contributed by atoms with Crippen LogP contribution in [-0.2, 0) is 0 Å². The highest BCUT2D eigenvalue weighted by Crippen LogP contribution is 2.71. The minimum absolute atomic E-state index is 0.733. The Morgan fingerprint density at radius 2 is 1.77 bits per heavy atom. The predicted molar refractivity (Wildman–Crippen MR) is 90.9 cm³/mol. The quantitative estimate of drug-likeness (QED) is 0.834. The van der Waals surface area contributed by atoms with E-state index in [-0.39, 0.29) is 0 Å². The molecule has 5 rings (SSSR count). The topological polar surface area (TPSA) is 15.3 Å². The van der Waals surface area contributed by atoms with Crippen molar-refractivity contribution >= 4 is 0 Å². The molecule has 5 fully saturated rings. The van der Waals surface area contributed by atoms with Crippen LogP contribution in [0, 0.1) is 22.7 Å². The summed E-state index contributed by atoms with van der Waals surface area (Å²) < 4.78 is 0. The van der Waals surface area contributed by atoms with Crippen molar-refractivity contribution in [3.8, 4) is 0 Å². The molecular weight excluding hydrogens is 268 g/mol. The number of nitrogens with one attached hydrogen (secondary N) is 1. The van der Waals surface area contributed by atoms with Gasteiger partial charge in [-0.3, -0.25) is 4.90 Å². The first-order valence-electron chi connectivity index (χ1n) is 10.3. The zero-order chi connectivity index (χ0) is 14.6. The normalized spacial score (nSPS) is 52.1. The molecule has 124 valence electrons. The Morgan fingerprint density at radius 1 is 0.818 bits per heavy atom. The van der Waals surface area contributed by atoms with Crippen LogP contribution in [0.25, 0.3) is 0 Å². The van der Waals surface area contributed by atoms with Crippen molar-refractivity contribution in [2.45, 2.75) is 76.7 Å². The first kappa shape index (κ1) is 14.3. The summed E-state index contributed by atoms with van der Waals surface area (Å²) >= 11 is 0. The van der Waals surface area contributed by atoms with Gasteiger partial charge in [-0.05, 0) is 93.5 Å². The molecule has 2 heteroatoms. The standard InChI is InChI=1S/C20H34N2/c1-3-16-4-7-19(6-1,14-16)20-8-5-17(15-20)13-18(20)22-11-2-9-21-10-12-22/h16-18,21H,1-15H2. The van der Waals surface area contributed by atoms with Crippen molar-refractivity contribution in [2.75, 3.05) is 26.2 Å². The first-order valence-corrected chi connectivity index (χ1v) is 10.3. The van der Waals surface area contributed by atoms with Crippen LogP contribution in [-0.4, -0.2) is 37.1 Å². The molecule has 4 saturated carbocycles. The van der Waals surface area contributed by atoms with Crippen molar-refractivity contribution in [1.29, 1.82) is 0 Å². The van der Waals surface area contributed by atoms with Gasteiger partial charge in [-0.1, -0.05) is 12.8 Å². The second-order valence-electron chi connectivity index (χ2n) is 9.44. The third-order valence-corrected chi connectivity index (χ3v) is 8.70. The van der Waals surface area contributed by atoms with E-state index in [2.05, 4.69) is 10.2 Å². The van der Waals surface area contributed by atoms with Crippen molar-refractivity contribution in [1.82, 2.24) is 10.2 Å². The molecule has 22 heavy (non-hydrogen) atoms. The molecule has 5 atom stereocenters. The molecule has 0 radical (unpaired) electrons. The summed E-state index contributed by atoms with van der Waals surface area (Å²) in [7, 11) is 0. The van der Waals surface area contributed by atoms with Crippen LogP contribution >= 0.6 is 0 Å². The van der Waals surface area contributed by atoms with E-state index in [0.717, 1.165) is 28.7 Å². The summed E-state index contributed by atoms with van der Waals surface area (Å²) in [6.07, 6.45) is 17.1. The van der Waals surface area contributed by atoms with Gasteiger partial charge >= 0.3 is 0 Å². The summed E-state index contributed by atoms with van der Waals surface area (Å²) in [6, 6.07) is 0.947. The van der Waals surface area contributed by atoms with Gasteiger partial charge in [0.2, 0.25) is 0 Å². The molecule has 0 aromatic carbocycles. The first-order chi connectivity index (χ1) is 10.8. The maximum Gasteiger partial charge on any atom is 0.0160 e. The molecular formula is C20H34N2. The summed E-state index contributed by atoms with van der Waals surface area (Å²) in [6.45, 7) is 5.16. The smallest absolute Gasteiger partial charge is 0.0160 e. The van der Waals surface area contributed by atoms with Gasteiger partial charge in [0.25, 0.3) is 0 Å². The lowest BCUT2D eigenvalue weighted by Gasteiger charge is -2.54. The summed E-state index contributed by atoms with van der Waals surface area (Å²) in [5.74, 6) is 2.19. The molecule has 1 N–H and O–H groups in total. The van der Waals surface area contributed by atoms with E-state index in [4.69, 9.17) is 0 Å². The van der Waals surface area contributed by atoms with Crippen molar-refractivity contribution in [2.24, 2.45) is 22.7 Å². The molecule has 5 unspecified atom stereocenters. The lowest BCUT2D eigenvalue weighted by Crippen LogP contribution is -2.54. The minimum Gasteiger partial charge on any atom is -0.315 e. The third-order valence-electron chi connectivity index (χ3n) is 8.70. The van der Waals surface area contributed by atoms with E-state index in [9.17, 15) is 0 Å². The molecule has 1 aliphatic heterocycles.